The van der Waals surface area contributed by atoms with Crippen molar-refractivity contribution in [1.29, 1.82) is 0 Å². The number of aryl methyl sites for hydroxylation is 1. The van der Waals surface area contributed by atoms with Gasteiger partial charge in [-0.15, -0.1) is 5.10 Å². The Labute approximate surface area is 90.9 Å². The van der Waals surface area contributed by atoms with Crippen LogP contribution in [0.2, 0.25) is 0 Å². The molecule has 0 aliphatic heterocycles. The third-order valence-corrected chi connectivity index (χ3v) is 2.37. The molecule has 1 aromatic heterocycles. The van der Waals surface area contributed by atoms with Crippen molar-refractivity contribution in [3.05, 3.63) is 46.5 Å². The van der Waals surface area contributed by atoms with Crippen molar-refractivity contribution >= 4 is 15.9 Å². The van der Waals surface area contributed by atoms with Crippen molar-refractivity contribution in [2.75, 3.05) is 0 Å². The zero-order chi connectivity index (χ0) is 9.97. The van der Waals surface area contributed by atoms with Gasteiger partial charge in [-0.2, -0.15) is 0 Å². The summed E-state index contributed by atoms with van der Waals surface area (Å²) < 4.78 is 2.43. The van der Waals surface area contributed by atoms with Crippen molar-refractivity contribution in [2.45, 2.75) is 6.42 Å². The fraction of sp³-hybridized carbons (Fsp3) is 0.200. The summed E-state index contributed by atoms with van der Waals surface area (Å²) in [5.74, 6) is 0.961. The first kappa shape index (κ1) is 9.40. The zero-order valence-electron chi connectivity index (χ0n) is 7.81. The molecule has 4 heteroatoms. The van der Waals surface area contributed by atoms with Gasteiger partial charge in [0.15, 0.2) is 0 Å². The van der Waals surface area contributed by atoms with Gasteiger partial charge in [0.05, 0.1) is 0 Å². The molecule has 0 saturated heterocycles. The van der Waals surface area contributed by atoms with Crippen molar-refractivity contribution in [3.8, 4) is 0 Å². The lowest BCUT2D eigenvalue weighted by atomic mass is 10.1. The molecule has 0 radical (unpaired) electrons. The number of benzene rings is 1. The lowest BCUT2D eigenvalue weighted by molar-refractivity contribution is 0.713. The molecule has 0 fully saturated rings. The molecular weight excluding hydrogens is 242 g/mol. The summed E-state index contributed by atoms with van der Waals surface area (Å²) in [6.07, 6.45) is 0.815. The van der Waals surface area contributed by atoms with E-state index in [0.717, 1.165) is 12.2 Å². The molecule has 0 unspecified atom stereocenters. The van der Waals surface area contributed by atoms with Crippen LogP contribution in [0.25, 0.3) is 0 Å². The molecule has 0 saturated carbocycles. The Morgan fingerprint density at radius 2 is 2.00 bits per heavy atom. The molecule has 0 N–H and O–H groups in total. The molecular formula is C10H10BrN3. The summed E-state index contributed by atoms with van der Waals surface area (Å²) in [6.45, 7) is 0. The fourth-order valence-corrected chi connectivity index (χ4v) is 1.76. The van der Waals surface area contributed by atoms with Crippen molar-refractivity contribution in [1.82, 2.24) is 14.8 Å². The van der Waals surface area contributed by atoms with E-state index in [9.17, 15) is 0 Å². The van der Waals surface area contributed by atoms with Gasteiger partial charge in [-0.25, -0.2) is 4.98 Å². The lowest BCUT2D eigenvalue weighted by Crippen LogP contribution is -2.00. The predicted octanol–water partition coefficient (Wildman–Crippen LogP) is 2.17. The molecule has 1 heterocycles. The molecule has 0 aliphatic rings. The van der Waals surface area contributed by atoms with E-state index in [1.165, 1.54) is 5.56 Å². The van der Waals surface area contributed by atoms with E-state index in [1.807, 2.05) is 25.2 Å². The van der Waals surface area contributed by atoms with E-state index < -0.39 is 0 Å². The summed E-state index contributed by atoms with van der Waals surface area (Å²) in [4.78, 5) is 4.27. The predicted molar refractivity (Wildman–Crippen MR) is 58.0 cm³/mol. The van der Waals surface area contributed by atoms with Crippen LogP contribution in [0.15, 0.2) is 35.1 Å². The zero-order valence-corrected chi connectivity index (χ0v) is 9.40. The Balaban J connectivity index is 2.23. The lowest BCUT2D eigenvalue weighted by Gasteiger charge is -1.99. The largest absolute Gasteiger partial charge is 0.252 e. The average molecular weight is 252 g/mol. The highest BCUT2D eigenvalue weighted by atomic mass is 79.9. The van der Waals surface area contributed by atoms with Gasteiger partial charge in [0.1, 0.15) is 5.82 Å². The van der Waals surface area contributed by atoms with Crippen LogP contribution in [0.3, 0.4) is 0 Å². The molecule has 2 rings (SSSR count). The Hall–Kier alpha value is -1.16. The molecule has 3 nitrogen and oxygen atoms in total. The smallest absolute Gasteiger partial charge is 0.217 e. The topological polar surface area (TPSA) is 30.7 Å². The molecule has 2 aromatic rings. The molecule has 72 valence electrons. The molecule has 0 spiro atoms. The van der Waals surface area contributed by atoms with E-state index in [0.29, 0.717) is 4.73 Å². The first-order valence-corrected chi connectivity index (χ1v) is 5.14. The summed E-state index contributed by atoms with van der Waals surface area (Å²) in [7, 11) is 1.90. The van der Waals surface area contributed by atoms with E-state index in [2.05, 4.69) is 38.1 Å². The van der Waals surface area contributed by atoms with Crippen LogP contribution in [0.1, 0.15) is 11.4 Å². The number of nitrogens with zero attached hydrogens (tertiary/aromatic N) is 3. The van der Waals surface area contributed by atoms with E-state index >= 15 is 0 Å². The van der Waals surface area contributed by atoms with Crippen LogP contribution in [0, 0.1) is 0 Å². The van der Waals surface area contributed by atoms with E-state index in [4.69, 9.17) is 0 Å². The van der Waals surface area contributed by atoms with Crippen LogP contribution in [0.5, 0.6) is 0 Å². The molecule has 0 atom stereocenters. The van der Waals surface area contributed by atoms with Gasteiger partial charge in [0, 0.05) is 13.5 Å². The Morgan fingerprint density at radius 3 is 2.57 bits per heavy atom. The minimum atomic E-state index is 0.644. The van der Waals surface area contributed by atoms with Crippen molar-refractivity contribution < 1.29 is 0 Å². The van der Waals surface area contributed by atoms with Crippen LogP contribution in [-0.2, 0) is 13.5 Å². The minimum Gasteiger partial charge on any atom is -0.252 e. The summed E-state index contributed by atoms with van der Waals surface area (Å²) >= 11 is 3.25. The quantitative estimate of drug-likeness (QED) is 0.820. The average Bonchev–Trinajstić information content (AvgIpc) is 2.47. The second-order valence-corrected chi connectivity index (χ2v) is 3.79. The van der Waals surface area contributed by atoms with Gasteiger partial charge in [0.25, 0.3) is 0 Å². The Bertz CT molecular complexity index is 422. The summed E-state index contributed by atoms with van der Waals surface area (Å²) in [5.41, 5.74) is 1.25. The maximum absolute atomic E-state index is 4.27. The number of aromatic nitrogens is 3. The maximum atomic E-state index is 4.27. The molecule has 0 aliphatic carbocycles. The van der Waals surface area contributed by atoms with E-state index in [-0.39, 0.29) is 0 Å². The first-order chi connectivity index (χ1) is 6.75. The number of hydrogen-bond donors (Lipinski definition) is 0. The monoisotopic (exact) mass is 251 g/mol. The van der Waals surface area contributed by atoms with Crippen LogP contribution >= 0.6 is 15.9 Å². The molecule has 1 aromatic carbocycles. The van der Waals surface area contributed by atoms with Crippen molar-refractivity contribution in [2.24, 2.45) is 7.05 Å². The molecule has 14 heavy (non-hydrogen) atoms. The number of halogens is 1. The van der Waals surface area contributed by atoms with Gasteiger partial charge in [0.2, 0.25) is 4.73 Å². The van der Waals surface area contributed by atoms with Crippen LogP contribution < -0.4 is 0 Å². The van der Waals surface area contributed by atoms with Gasteiger partial charge < -0.3 is 0 Å². The minimum absolute atomic E-state index is 0.644. The highest BCUT2D eigenvalue weighted by Crippen LogP contribution is 2.09. The van der Waals surface area contributed by atoms with E-state index in [1.54, 1.807) is 4.68 Å². The van der Waals surface area contributed by atoms with Crippen LogP contribution in [0.4, 0.5) is 0 Å². The molecule has 0 bridgehead atoms. The van der Waals surface area contributed by atoms with Crippen molar-refractivity contribution in [3.63, 3.8) is 0 Å². The van der Waals surface area contributed by atoms with Gasteiger partial charge in [-0.1, -0.05) is 30.3 Å². The number of rotatable bonds is 2. The third-order valence-electron chi connectivity index (χ3n) is 2.03. The number of hydrogen-bond acceptors (Lipinski definition) is 2. The Morgan fingerprint density at radius 1 is 1.29 bits per heavy atom. The summed E-state index contributed by atoms with van der Waals surface area (Å²) in [5, 5.41) is 4.13. The van der Waals surface area contributed by atoms with Gasteiger partial charge in [-0.3, -0.25) is 4.68 Å². The summed E-state index contributed by atoms with van der Waals surface area (Å²) in [6, 6.07) is 10.2. The Kier molecular flexibility index (Phi) is 2.63. The third kappa shape index (κ3) is 2.01. The van der Waals surface area contributed by atoms with Gasteiger partial charge >= 0.3 is 0 Å². The molecule has 0 amide bonds. The normalized spacial score (nSPS) is 10.4. The highest BCUT2D eigenvalue weighted by molar-refractivity contribution is 9.10. The fourth-order valence-electron chi connectivity index (χ4n) is 1.32. The standard InChI is InChI=1S/C10H10BrN3/c1-14-9(12-10(11)13-14)7-8-5-3-2-4-6-8/h2-6H,7H2,1H3. The van der Waals surface area contributed by atoms with Crippen LogP contribution in [-0.4, -0.2) is 14.8 Å². The SMILES string of the molecule is Cn1nc(Br)nc1Cc1ccccc1. The second-order valence-electron chi connectivity index (χ2n) is 3.08. The second kappa shape index (κ2) is 3.92. The maximum Gasteiger partial charge on any atom is 0.217 e. The highest BCUT2D eigenvalue weighted by Gasteiger charge is 2.04. The van der Waals surface area contributed by atoms with Gasteiger partial charge in [-0.05, 0) is 21.5 Å². The first-order valence-electron chi connectivity index (χ1n) is 4.35.